The molecule has 2 saturated carbocycles. The quantitative estimate of drug-likeness (QED) is 0.0858. The Hall–Kier alpha value is -5.30. The fraction of sp³-hybridized carbons (Fsp3) is 0.587. The maximum Gasteiger partial charge on any atom is 0.447 e. The molecule has 2 aromatic rings. The van der Waals surface area contributed by atoms with Crippen molar-refractivity contribution in [3.8, 4) is 0 Å². The molecular formula is C46H50F9NO14. The van der Waals surface area contributed by atoms with Crippen molar-refractivity contribution in [1.29, 1.82) is 0 Å². The molecule has 1 aliphatic heterocycles. The molecule has 6 rings (SSSR count). The Labute approximate surface area is 393 Å². The molecule has 0 aromatic heterocycles. The third kappa shape index (κ3) is 8.19. The lowest BCUT2D eigenvalue weighted by molar-refractivity contribution is -0.443. The first-order valence-corrected chi connectivity index (χ1v) is 21.5. The first-order chi connectivity index (χ1) is 32.2. The first-order valence-electron chi connectivity index (χ1n) is 21.5. The highest BCUT2D eigenvalue weighted by molar-refractivity contribution is 5.93. The van der Waals surface area contributed by atoms with Crippen LogP contribution >= 0.6 is 0 Å². The molecule has 2 bridgehead atoms. The summed E-state index contributed by atoms with van der Waals surface area (Å²) in [5, 5.41) is 37.7. The van der Waals surface area contributed by atoms with E-state index in [9.17, 15) is 74.0 Å². The summed E-state index contributed by atoms with van der Waals surface area (Å²) in [6.07, 6.45) is -34.0. The summed E-state index contributed by atoms with van der Waals surface area (Å²) < 4.78 is 157. The number of nitrogens with one attached hydrogen (secondary N) is 1. The number of benzene rings is 2. The lowest BCUT2D eigenvalue weighted by Gasteiger charge is -2.71. The number of alkyl carbamates (subject to hydrolysis) is 1. The van der Waals surface area contributed by atoms with Gasteiger partial charge in [-0.2, -0.15) is 39.5 Å². The molecule has 0 radical (unpaired) electrons. The molecule has 0 spiro atoms. The maximum absolute atomic E-state index is 15.6. The van der Waals surface area contributed by atoms with E-state index in [1.807, 2.05) is 0 Å². The maximum atomic E-state index is 15.6. The molecule has 24 heteroatoms. The summed E-state index contributed by atoms with van der Waals surface area (Å²) in [5.74, 6) is -7.87. The van der Waals surface area contributed by atoms with Crippen molar-refractivity contribution >= 4 is 29.8 Å². The summed E-state index contributed by atoms with van der Waals surface area (Å²) in [7, 11) is 1.28. The summed E-state index contributed by atoms with van der Waals surface area (Å²) in [5.41, 5.74) is -17.6. The van der Waals surface area contributed by atoms with Gasteiger partial charge in [0.25, 0.3) is 0 Å². The number of hydrogen-bond acceptors (Lipinski definition) is 14. The van der Waals surface area contributed by atoms with E-state index in [4.69, 9.17) is 23.7 Å². The number of aliphatic hydroxyl groups excluding tert-OH is 2. The van der Waals surface area contributed by atoms with Gasteiger partial charge in [0.15, 0.2) is 17.5 Å². The van der Waals surface area contributed by atoms with Gasteiger partial charge in [0.05, 0.1) is 48.2 Å². The molecule has 3 aliphatic carbocycles. The van der Waals surface area contributed by atoms with E-state index in [0.29, 0.717) is 0 Å². The molecule has 2 aromatic carbocycles. The molecular weight excluding hydrogens is 961 g/mol. The topological polar surface area (TPSA) is 213 Å². The fourth-order valence-electron chi connectivity index (χ4n) is 11.1. The van der Waals surface area contributed by atoms with Crippen LogP contribution in [0.1, 0.15) is 76.3 Å². The van der Waals surface area contributed by atoms with E-state index in [-0.39, 0.29) is 23.1 Å². The average Bonchev–Trinajstić information content (AvgIpc) is 3.26. The summed E-state index contributed by atoms with van der Waals surface area (Å²) in [6, 6.07) is 10.3. The predicted octanol–water partition coefficient (Wildman–Crippen LogP) is 6.18. The third-order valence-electron chi connectivity index (χ3n) is 14.7. The Morgan fingerprint density at radius 3 is 1.87 bits per heavy atom. The molecule has 1 saturated heterocycles. The summed E-state index contributed by atoms with van der Waals surface area (Å²) in [4.78, 5) is 70.1. The summed E-state index contributed by atoms with van der Waals surface area (Å²) >= 11 is 0. The SMILES string of the molecule is CO[C@H]1C[C@@]2(C)OC[C@@]2(OC(C)=O)[C@H]2[C@H](OC(=O)c3ccccc3)[C@]3(O)C[C@H](OC(=O)[C@H](O)[C@@H](NC(=O)OC(C(F)(F)F)(C(F)(F)F)C(F)(F)F)c4ccccc4)C(C)=C([C@@H](CO)C(=O)[C@]12C)C3(C)C. The second kappa shape index (κ2) is 18.1. The van der Waals surface area contributed by atoms with Crippen molar-refractivity contribution in [2.24, 2.45) is 22.7 Å². The Balaban J connectivity index is 1.51. The van der Waals surface area contributed by atoms with Gasteiger partial charge in [0.2, 0.25) is 0 Å². The minimum atomic E-state index is -7.35. The number of methoxy groups -OCH3 is 1. The Bertz CT molecular complexity index is 2360. The molecule has 4 N–H and O–H groups in total. The van der Waals surface area contributed by atoms with Crippen molar-refractivity contribution in [3.63, 3.8) is 0 Å². The largest absolute Gasteiger partial charge is 0.456 e. The zero-order valence-corrected chi connectivity index (χ0v) is 38.4. The number of halogens is 9. The molecule has 70 heavy (non-hydrogen) atoms. The lowest BCUT2D eigenvalue weighted by atomic mass is 9.42. The van der Waals surface area contributed by atoms with Crippen LogP contribution in [-0.2, 0) is 42.8 Å². The molecule has 1 amide bonds. The highest BCUT2D eigenvalue weighted by Gasteiger charge is 2.88. The number of ether oxygens (including phenoxy) is 6. The van der Waals surface area contributed by atoms with Crippen LogP contribution in [0.5, 0.6) is 0 Å². The molecule has 11 atom stereocenters. The molecule has 1 heterocycles. The predicted molar refractivity (Wildman–Crippen MR) is 219 cm³/mol. The zero-order valence-electron chi connectivity index (χ0n) is 38.4. The molecule has 4 aliphatic rings. The van der Waals surface area contributed by atoms with Gasteiger partial charge in [-0.05, 0) is 49.6 Å². The number of Topliss-reactive ketones (excluding diaryl/α,β-unsaturated/α-hetero) is 1. The van der Waals surface area contributed by atoms with E-state index < -0.39 is 149 Å². The number of fused-ring (bicyclic) bond motifs is 5. The number of alkyl halides is 9. The van der Waals surface area contributed by atoms with Gasteiger partial charge in [0, 0.05) is 32.3 Å². The number of esters is 3. The van der Waals surface area contributed by atoms with E-state index in [2.05, 4.69) is 4.74 Å². The second-order valence-corrected chi connectivity index (χ2v) is 18.8. The van der Waals surface area contributed by atoms with Crippen LogP contribution in [0.2, 0.25) is 0 Å². The standard InChI is InChI=1S/C46H50F9NO14/c1-22-27(67-36(62)31(59)30(24-14-10-8-11-15-24)56-37(63)70-43(44(47,48)49,45(50,51)52)46(53,54)55)18-41(64)34(68-35(61)25-16-12-9-13-17-25)32-40(6,33(60)26(20-57)29(22)38(41,3)4)28(65-7)19-39(5)42(32,21-66-39)69-23(2)58/h8-17,26-28,30-32,34,57,59,64H,18-21H2,1-7H3,(H,56,63)/t26-,27+,28+,30+,31-,32+,34+,39-,40-,41-,42-/m1/s1. The average molecular weight is 1010 g/mol. The number of ketones is 1. The van der Waals surface area contributed by atoms with Gasteiger partial charge < -0.3 is 49.1 Å². The third-order valence-corrected chi connectivity index (χ3v) is 14.7. The van der Waals surface area contributed by atoms with Gasteiger partial charge >= 0.3 is 48.1 Å². The van der Waals surface area contributed by atoms with Crippen molar-refractivity contribution in [2.75, 3.05) is 20.3 Å². The van der Waals surface area contributed by atoms with Crippen molar-refractivity contribution < 1.29 is 107 Å². The monoisotopic (exact) mass is 1010 g/mol. The fourth-order valence-corrected chi connectivity index (χ4v) is 11.1. The van der Waals surface area contributed by atoms with Gasteiger partial charge in [-0.3, -0.25) is 9.59 Å². The first kappa shape index (κ1) is 54.0. The number of rotatable bonds is 11. The van der Waals surface area contributed by atoms with E-state index in [0.717, 1.165) is 31.2 Å². The van der Waals surface area contributed by atoms with Crippen molar-refractivity contribution in [2.45, 2.75) is 126 Å². The number of carbonyl (C=O) groups is 5. The Morgan fingerprint density at radius 1 is 0.857 bits per heavy atom. The second-order valence-electron chi connectivity index (χ2n) is 18.8. The smallest absolute Gasteiger partial charge is 0.447 e. The zero-order chi connectivity index (χ0) is 52.6. The lowest BCUT2D eigenvalue weighted by Crippen LogP contribution is -2.85. The van der Waals surface area contributed by atoms with Crippen LogP contribution < -0.4 is 5.32 Å². The minimum Gasteiger partial charge on any atom is -0.456 e. The molecule has 3 fully saturated rings. The van der Waals surface area contributed by atoms with Crippen molar-refractivity contribution in [1.82, 2.24) is 5.32 Å². The van der Waals surface area contributed by atoms with E-state index >= 15 is 4.79 Å². The number of aliphatic hydroxyl groups is 3. The van der Waals surface area contributed by atoms with Crippen molar-refractivity contribution in [3.05, 3.63) is 82.9 Å². The molecule has 15 nitrogen and oxygen atoms in total. The van der Waals surface area contributed by atoms with Gasteiger partial charge in [-0.15, -0.1) is 0 Å². The van der Waals surface area contributed by atoms with Crippen LogP contribution in [0.25, 0.3) is 0 Å². The Morgan fingerprint density at radius 2 is 1.40 bits per heavy atom. The van der Waals surface area contributed by atoms with Crippen LogP contribution in [0, 0.1) is 22.7 Å². The van der Waals surface area contributed by atoms with Gasteiger partial charge in [-0.25, -0.2) is 14.4 Å². The van der Waals surface area contributed by atoms with Crippen LogP contribution in [-0.4, -0.2) is 131 Å². The number of amides is 1. The van der Waals surface area contributed by atoms with Crippen LogP contribution in [0.4, 0.5) is 44.3 Å². The normalized spacial score (nSPS) is 31.8. The number of carbonyl (C=O) groups excluding carboxylic acids is 5. The Kier molecular flexibility index (Phi) is 14.0. The summed E-state index contributed by atoms with van der Waals surface area (Å²) in [6.45, 7) is 6.80. The molecule has 0 unspecified atom stereocenters. The van der Waals surface area contributed by atoms with Crippen LogP contribution in [0.3, 0.4) is 0 Å². The van der Waals surface area contributed by atoms with E-state index in [1.54, 1.807) is 13.0 Å². The molecule has 386 valence electrons. The highest BCUT2D eigenvalue weighted by Crippen LogP contribution is 2.68. The number of hydrogen-bond donors (Lipinski definition) is 4. The van der Waals surface area contributed by atoms with Crippen LogP contribution in [0.15, 0.2) is 71.8 Å². The van der Waals surface area contributed by atoms with E-state index in [1.165, 1.54) is 70.5 Å². The van der Waals surface area contributed by atoms with Gasteiger partial charge in [0.1, 0.15) is 23.4 Å². The minimum absolute atomic E-state index is 0.0646. The highest BCUT2D eigenvalue weighted by atomic mass is 19.4. The van der Waals surface area contributed by atoms with Gasteiger partial charge in [-0.1, -0.05) is 62.4 Å².